The molecule has 2 saturated heterocycles. The maximum Gasteiger partial charge on any atom is 0.225 e. The van der Waals surface area contributed by atoms with Crippen LogP contribution in [0.3, 0.4) is 0 Å². The minimum Gasteiger partial charge on any atom is -0.370 e. The quantitative estimate of drug-likeness (QED) is 0.717. The van der Waals surface area contributed by atoms with E-state index in [1.54, 1.807) is 12.1 Å². The standard InChI is InChI=1S/C22H20BrFN4/c1-14-2-3-15(6-14)16-8-25-22(26-9-16)28-12-17-10-27(11-18(17)13-28)21-7-19(24)4-5-20(21)23/h1-9,14,17-18H,10-13H2. The van der Waals surface area contributed by atoms with Gasteiger partial charge in [-0.2, -0.15) is 0 Å². The van der Waals surface area contributed by atoms with Crippen molar-refractivity contribution in [3.63, 3.8) is 0 Å². The van der Waals surface area contributed by atoms with Crippen LogP contribution in [0.5, 0.6) is 0 Å². The first kappa shape index (κ1) is 17.9. The largest absolute Gasteiger partial charge is 0.370 e. The molecule has 2 radical (unpaired) electrons. The number of fused-ring (bicyclic) bond motifs is 1. The number of halogens is 2. The lowest BCUT2D eigenvalue weighted by atomic mass is 10.0. The first-order valence-corrected chi connectivity index (χ1v) is 10.3. The summed E-state index contributed by atoms with van der Waals surface area (Å²) < 4.78 is 14.6. The SMILES string of the molecule is [CH]C1C=CC(c2cnc(N3CC4CN(c5cc(F)ccc5Br)CC4C3)nc2)=C1. The summed E-state index contributed by atoms with van der Waals surface area (Å²) in [5.74, 6) is 1.64. The van der Waals surface area contributed by atoms with Crippen molar-refractivity contribution in [1.82, 2.24) is 9.97 Å². The molecule has 3 aliphatic rings. The summed E-state index contributed by atoms with van der Waals surface area (Å²) in [5.41, 5.74) is 3.01. The van der Waals surface area contributed by atoms with Crippen molar-refractivity contribution in [2.24, 2.45) is 17.8 Å². The van der Waals surface area contributed by atoms with Gasteiger partial charge in [-0.05, 0) is 52.5 Å². The van der Waals surface area contributed by atoms with E-state index >= 15 is 0 Å². The molecule has 2 aromatic rings. The fraction of sp³-hybridized carbons (Fsp3) is 0.318. The molecule has 3 unspecified atom stereocenters. The molecule has 6 heteroatoms. The van der Waals surface area contributed by atoms with Crippen LogP contribution in [0.25, 0.3) is 5.57 Å². The molecular weight excluding hydrogens is 419 g/mol. The average molecular weight is 439 g/mol. The van der Waals surface area contributed by atoms with Gasteiger partial charge in [0.1, 0.15) is 5.82 Å². The summed E-state index contributed by atoms with van der Waals surface area (Å²) in [6.45, 7) is 9.59. The molecule has 0 N–H and O–H groups in total. The maximum atomic E-state index is 13.7. The monoisotopic (exact) mass is 438 g/mol. The molecule has 4 nitrogen and oxygen atoms in total. The van der Waals surface area contributed by atoms with Crippen molar-refractivity contribution >= 4 is 33.1 Å². The lowest BCUT2D eigenvalue weighted by molar-refractivity contribution is 0.533. The second-order valence-corrected chi connectivity index (χ2v) is 8.61. The van der Waals surface area contributed by atoms with Gasteiger partial charge in [-0.25, -0.2) is 14.4 Å². The molecule has 3 atom stereocenters. The van der Waals surface area contributed by atoms with Crippen LogP contribution in [0.1, 0.15) is 5.56 Å². The van der Waals surface area contributed by atoms with Gasteiger partial charge in [0.05, 0.1) is 5.69 Å². The first-order valence-electron chi connectivity index (χ1n) is 9.50. The highest BCUT2D eigenvalue weighted by Gasteiger charge is 2.41. The van der Waals surface area contributed by atoms with Crippen molar-refractivity contribution in [1.29, 1.82) is 0 Å². The Kier molecular flexibility index (Phi) is 4.46. The summed E-state index contributed by atoms with van der Waals surface area (Å²) in [4.78, 5) is 13.7. The number of rotatable bonds is 3. The summed E-state index contributed by atoms with van der Waals surface area (Å²) in [5, 5.41) is 0. The van der Waals surface area contributed by atoms with Crippen molar-refractivity contribution in [2.45, 2.75) is 0 Å². The highest BCUT2D eigenvalue weighted by atomic mass is 79.9. The van der Waals surface area contributed by atoms with Gasteiger partial charge < -0.3 is 9.80 Å². The Bertz CT molecular complexity index is 942. The zero-order valence-corrected chi connectivity index (χ0v) is 16.9. The molecule has 2 fully saturated rings. The first-order chi connectivity index (χ1) is 13.6. The van der Waals surface area contributed by atoms with E-state index in [0.717, 1.165) is 53.4 Å². The topological polar surface area (TPSA) is 32.3 Å². The molecular formula is C22H20BrFN4. The number of anilines is 2. The fourth-order valence-corrected chi connectivity index (χ4v) is 4.94. The molecule has 0 amide bonds. The van der Waals surface area contributed by atoms with Crippen molar-refractivity contribution in [2.75, 3.05) is 36.0 Å². The predicted octanol–water partition coefficient (Wildman–Crippen LogP) is 4.23. The predicted molar refractivity (Wildman–Crippen MR) is 112 cm³/mol. The fourth-order valence-electron chi connectivity index (χ4n) is 4.44. The van der Waals surface area contributed by atoms with E-state index in [0.29, 0.717) is 11.8 Å². The molecule has 1 aliphatic carbocycles. The zero-order valence-electron chi connectivity index (χ0n) is 15.3. The van der Waals surface area contributed by atoms with E-state index in [-0.39, 0.29) is 11.7 Å². The molecule has 3 heterocycles. The Morgan fingerprint density at radius 3 is 2.36 bits per heavy atom. The lowest BCUT2D eigenvalue weighted by Gasteiger charge is -2.24. The van der Waals surface area contributed by atoms with E-state index in [2.05, 4.69) is 35.7 Å². The molecule has 0 saturated carbocycles. The third kappa shape index (κ3) is 3.24. The van der Waals surface area contributed by atoms with Crippen LogP contribution in [0.15, 0.2) is 53.3 Å². The number of benzene rings is 1. The van der Waals surface area contributed by atoms with Crippen molar-refractivity contribution in [3.05, 3.63) is 71.6 Å². The molecule has 0 spiro atoms. The van der Waals surface area contributed by atoms with Gasteiger partial charge in [0.2, 0.25) is 5.95 Å². The van der Waals surface area contributed by atoms with Crippen LogP contribution in [0.4, 0.5) is 16.0 Å². The highest BCUT2D eigenvalue weighted by Crippen LogP contribution is 2.38. The Hall–Kier alpha value is -2.21. The molecule has 2 aliphatic heterocycles. The highest BCUT2D eigenvalue weighted by molar-refractivity contribution is 9.10. The minimum absolute atomic E-state index is 0.0197. The smallest absolute Gasteiger partial charge is 0.225 e. The van der Waals surface area contributed by atoms with Crippen LogP contribution in [0.2, 0.25) is 0 Å². The van der Waals surface area contributed by atoms with Gasteiger partial charge in [-0.3, -0.25) is 0 Å². The van der Waals surface area contributed by atoms with Crippen molar-refractivity contribution < 1.29 is 4.39 Å². The average Bonchev–Trinajstić information content (AvgIpc) is 3.38. The van der Waals surface area contributed by atoms with Crippen LogP contribution in [-0.4, -0.2) is 36.1 Å². The number of aromatic nitrogens is 2. The second kappa shape index (κ2) is 6.99. The minimum atomic E-state index is -0.196. The van der Waals surface area contributed by atoms with E-state index in [4.69, 9.17) is 6.92 Å². The third-order valence-electron chi connectivity index (χ3n) is 5.86. The Morgan fingerprint density at radius 1 is 1.04 bits per heavy atom. The Balaban J connectivity index is 1.26. The summed E-state index contributed by atoms with van der Waals surface area (Å²) in [6, 6.07) is 4.88. The Morgan fingerprint density at radius 2 is 1.71 bits per heavy atom. The van der Waals surface area contributed by atoms with E-state index in [1.807, 2.05) is 30.6 Å². The lowest BCUT2D eigenvalue weighted by Crippen LogP contribution is -2.29. The van der Waals surface area contributed by atoms with Gasteiger partial charge >= 0.3 is 0 Å². The number of hydrogen-bond acceptors (Lipinski definition) is 4. The van der Waals surface area contributed by atoms with Crippen LogP contribution in [0, 0.1) is 30.5 Å². The number of allylic oxidation sites excluding steroid dienone is 4. The van der Waals surface area contributed by atoms with Crippen LogP contribution < -0.4 is 9.80 Å². The molecule has 5 rings (SSSR count). The molecule has 0 bridgehead atoms. The van der Waals surface area contributed by atoms with Gasteiger partial charge in [-0.1, -0.05) is 18.2 Å². The number of hydrogen-bond donors (Lipinski definition) is 0. The normalized spacial score (nSPS) is 26.1. The van der Waals surface area contributed by atoms with Gasteiger partial charge in [0.15, 0.2) is 0 Å². The van der Waals surface area contributed by atoms with Crippen LogP contribution in [-0.2, 0) is 0 Å². The summed E-state index contributed by atoms with van der Waals surface area (Å²) in [6.07, 6.45) is 9.75. The van der Waals surface area contributed by atoms with Gasteiger partial charge in [-0.15, -0.1) is 0 Å². The number of nitrogens with zero attached hydrogens (tertiary/aromatic N) is 4. The van der Waals surface area contributed by atoms with Gasteiger partial charge in [0, 0.05) is 60.4 Å². The van der Waals surface area contributed by atoms with Crippen LogP contribution >= 0.6 is 15.9 Å². The van der Waals surface area contributed by atoms with E-state index in [9.17, 15) is 4.39 Å². The third-order valence-corrected chi connectivity index (χ3v) is 6.53. The second-order valence-electron chi connectivity index (χ2n) is 7.76. The molecule has 28 heavy (non-hydrogen) atoms. The zero-order chi connectivity index (χ0) is 19.3. The van der Waals surface area contributed by atoms with E-state index in [1.165, 1.54) is 6.07 Å². The maximum absolute atomic E-state index is 13.7. The molecule has 1 aromatic heterocycles. The van der Waals surface area contributed by atoms with Gasteiger partial charge in [0.25, 0.3) is 0 Å². The van der Waals surface area contributed by atoms with Crippen molar-refractivity contribution in [3.8, 4) is 0 Å². The van der Waals surface area contributed by atoms with E-state index < -0.39 is 0 Å². The molecule has 1 aromatic carbocycles. The summed E-state index contributed by atoms with van der Waals surface area (Å²) >= 11 is 3.55. The molecule has 142 valence electrons. The Labute approximate surface area is 172 Å². The summed E-state index contributed by atoms with van der Waals surface area (Å²) in [7, 11) is 0.